The van der Waals surface area contributed by atoms with Crippen molar-refractivity contribution in [2.45, 2.75) is 6.42 Å². The largest absolute Gasteiger partial charge is 0.481 e. The van der Waals surface area contributed by atoms with Crippen LogP contribution in [0, 0.1) is 11.8 Å². The first-order valence-corrected chi connectivity index (χ1v) is 3.37. The Morgan fingerprint density at radius 2 is 2.58 bits per heavy atom. The zero-order valence-electron chi connectivity index (χ0n) is 6.61. The lowest BCUT2D eigenvalue weighted by molar-refractivity contribution is -0.135. The predicted octanol–water partition coefficient (Wildman–Crippen LogP) is 0.246. The molecule has 0 unspecified atom stereocenters. The highest BCUT2D eigenvalue weighted by Crippen LogP contribution is 1.90. The third-order valence-electron chi connectivity index (χ3n) is 1.16. The van der Waals surface area contributed by atoms with Crippen LogP contribution in [0.5, 0.6) is 0 Å². The Kier molecular flexibility index (Phi) is 2.49. The number of hydrogen-bond acceptors (Lipinski definition) is 2. The van der Waals surface area contributed by atoms with Crippen molar-refractivity contribution < 1.29 is 9.90 Å². The minimum atomic E-state index is -0.918. The molecule has 12 heavy (non-hydrogen) atoms. The molecule has 0 aliphatic rings. The van der Waals surface area contributed by atoms with Gasteiger partial charge in [0.05, 0.1) is 6.33 Å². The van der Waals surface area contributed by atoms with Crippen molar-refractivity contribution >= 4 is 5.97 Å². The summed E-state index contributed by atoms with van der Waals surface area (Å²) < 4.78 is 1.75. The molecule has 0 aliphatic heterocycles. The molecule has 0 fully saturated rings. The summed E-state index contributed by atoms with van der Waals surface area (Å²) in [5, 5.41) is 8.27. The normalized spacial score (nSPS) is 8.75. The maximum Gasteiger partial charge on any atom is 0.315 e. The van der Waals surface area contributed by atoms with Crippen LogP contribution in [0.4, 0.5) is 0 Å². The lowest BCUT2D eigenvalue weighted by Crippen LogP contribution is -1.90. The van der Waals surface area contributed by atoms with E-state index < -0.39 is 5.97 Å². The monoisotopic (exact) mass is 164 g/mol. The molecule has 4 heteroatoms. The minimum Gasteiger partial charge on any atom is -0.481 e. The fourth-order valence-corrected chi connectivity index (χ4v) is 0.688. The molecular weight excluding hydrogens is 156 g/mol. The number of aryl methyl sites for hydroxylation is 1. The van der Waals surface area contributed by atoms with Crippen molar-refractivity contribution in [3.63, 3.8) is 0 Å². The highest BCUT2D eigenvalue weighted by molar-refractivity contribution is 5.70. The minimum absolute atomic E-state index is 0.142. The van der Waals surface area contributed by atoms with Crippen LogP contribution in [0.2, 0.25) is 0 Å². The van der Waals surface area contributed by atoms with E-state index in [9.17, 15) is 4.79 Å². The van der Waals surface area contributed by atoms with Gasteiger partial charge in [0.2, 0.25) is 0 Å². The van der Waals surface area contributed by atoms with Crippen LogP contribution in [0.25, 0.3) is 0 Å². The number of hydrogen-bond donors (Lipinski definition) is 1. The van der Waals surface area contributed by atoms with Gasteiger partial charge in [-0.1, -0.05) is 5.92 Å². The molecule has 0 saturated heterocycles. The maximum absolute atomic E-state index is 10.1. The Morgan fingerprint density at radius 3 is 3.08 bits per heavy atom. The van der Waals surface area contributed by atoms with Crippen LogP contribution in [-0.4, -0.2) is 20.6 Å². The smallest absolute Gasteiger partial charge is 0.315 e. The van der Waals surface area contributed by atoms with Gasteiger partial charge in [0.15, 0.2) is 0 Å². The molecule has 1 heterocycles. The summed E-state index contributed by atoms with van der Waals surface area (Å²) in [6.07, 6.45) is 3.20. The van der Waals surface area contributed by atoms with Gasteiger partial charge < -0.3 is 9.67 Å². The molecule has 1 aromatic rings. The number of rotatable bonds is 1. The average molecular weight is 164 g/mol. The molecule has 1 N–H and O–H groups in total. The second kappa shape index (κ2) is 3.58. The quantitative estimate of drug-likeness (QED) is 0.605. The van der Waals surface area contributed by atoms with Crippen LogP contribution >= 0.6 is 0 Å². The molecule has 0 spiro atoms. The predicted molar refractivity (Wildman–Crippen MR) is 42.3 cm³/mol. The molecule has 0 bridgehead atoms. The van der Waals surface area contributed by atoms with Gasteiger partial charge in [-0.15, -0.1) is 0 Å². The first-order valence-electron chi connectivity index (χ1n) is 3.37. The van der Waals surface area contributed by atoms with Gasteiger partial charge in [0, 0.05) is 13.2 Å². The van der Waals surface area contributed by atoms with E-state index in [4.69, 9.17) is 5.11 Å². The summed E-state index contributed by atoms with van der Waals surface area (Å²) in [6.45, 7) is 0. The number of carbonyl (C=O) groups is 1. The molecule has 0 amide bonds. The molecule has 0 aliphatic carbocycles. The highest BCUT2D eigenvalue weighted by atomic mass is 16.4. The van der Waals surface area contributed by atoms with E-state index in [-0.39, 0.29) is 6.42 Å². The SMILES string of the molecule is Cn1cnc(C#CCC(=O)O)c1. The standard InChI is InChI=1S/C8H8N2O2/c1-10-5-7(9-6-10)3-2-4-8(11)12/h5-6H,4H2,1H3,(H,11,12). The van der Waals surface area contributed by atoms with Crippen molar-refractivity contribution in [1.82, 2.24) is 9.55 Å². The van der Waals surface area contributed by atoms with Gasteiger partial charge in [-0.25, -0.2) is 4.98 Å². The van der Waals surface area contributed by atoms with Gasteiger partial charge in [0.1, 0.15) is 12.1 Å². The van der Waals surface area contributed by atoms with E-state index in [1.54, 1.807) is 17.1 Å². The third-order valence-corrected chi connectivity index (χ3v) is 1.16. The van der Waals surface area contributed by atoms with Crippen molar-refractivity contribution in [3.8, 4) is 11.8 Å². The number of aromatic nitrogens is 2. The van der Waals surface area contributed by atoms with Crippen LogP contribution in [0.15, 0.2) is 12.5 Å². The van der Waals surface area contributed by atoms with Gasteiger partial charge >= 0.3 is 5.97 Å². The van der Waals surface area contributed by atoms with Crippen LogP contribution in [0.3, 0.4) is 0 Å². The Labute approximate surface area is 69.8 Å². The molecule has 1 aromatic heterocycles. The first kappa shape index (κ1) is 8.34. The molecule has 0 radical (unpaired) electrons. The summed E-state index contributed by atoms with van der Waals surface area (Å²) in [6, 6.07) is 0. The fourth-order valence-electron chi connectivity index (χ4n) is 0.688. The number of carboxylic acids is 1. The molecule has 1 rings (SSSR count). The first-order chi connectivity index (χ1) is 5.68. The van der Waals surface area contributed by atoms with Crippen molar-refractivity contribution in [2.75, 3.05) is 0 Å². The summed E-state index contributed by atoms with van der Waals surface area (Å²) in [4.78, 5) is 14.0. The molecule has 0 aromatic carbocycles. The van der Waals surface area contributed by atoms with Crippen molar-refractivity contribution in [1.29, 1.82) is 0 Å². The van der Waals surface area contributed by atoms with E-state index in [1.807, 2.05) is 7.05 Å². The Morgan fingerprint density at radius 1 is 1.83 bits per heavy atom. The molecule has 4 nitrogen and oxygen atoms in total. The van der Waals surface area contributed by atoms with Crippen molar-refractivity contribution in [3.05, 3.63) is 18.2 Å². The second-order valence-corrected chi connectivity index (χ2v) is 2.30. The third kappa shape index (κ3) is 2.46. The summed E-state index contributed by atoms with van der Waals surface area (Å²) >= 11 is 0. The lowest BCUT2D eigenvalue weighted by Gasteiger charge is -1.79. The summed E-state index contributed by atoms with van der Waals surface area (Å²) in [7, 11) is 1.83. The Bertz CT molecular complexity index is 343. The zero-order chi connectivity index (χ0) is 8.97. The van der Waals surface area contributed by atoms with Crippen molar-refractivity contribution in [2.24, 2.45) is 7.05 Å². The lowest BCUT2D eigenvalue weighted by atomic mass is 10.4. The second-order valence-electron chi connectivity index (χ2n) is 2.30. The number of carboxylic acid groups (broad SMARTS) is 1. The molecule has 62 valence electrons. The Hall–Kier alpha value is -1.76. The maximum atomic E-state index is 10.1. The number of imidazole rings is 1. The van der Waals surface area contributed by atoms with Gasteiger partial charge in [-0.2, -0.15) is 0 Å². The van der Waals surface area contributed by atoms with Gasteiger partial charge in [0.25, 0.3) is 0 Å². The summed E-state index contributed by atoms with van der Waals surface area (Å²) in [5.41, 5.74) is 0.596. The molecular formula is C8H8N2O2. The van der Waals surface area contributed by atoms with E-state index in [0.29, 0.717) is 5.69 Å². The molecule has 0 saturated carbocycles. The van der Waals surface area contributed by atoms with E-state index in [0.717, 1.165) is 0 Å². The zero-order valence-corrected chi connectivity index (χ0v) is 6.61. The van der Waals surface area contributed by atoms with E-state index in [2.05, 4.69) is 16.8 Å². The molecule has 0 atom stereocenters. The van der Waals surface area contributed by atoms with E-state index >= 15 is 0 Å². The average Bonchev–Trinajstić information content (AvgIpc) is 2.35. The van der Waals surface area contributed by atoms with Gasteiger partial charge in [-0.05, 0) is 5.92 Å². The van der Waals surface area contributed by atoms with Crippen LogP contribution in [0.1, 0.15) is 12.1 Å². The number of aliphatic carboxylic acids is 1. The fraction of sp³-hybridized carbons (Fsp3) is 0.250. The Balaban J connectivity index is 2.60. The van der Waals surface area contributed by atoms with Gasteiger partial charge in [-0.3, -0.25) is 4.79 Å². The summed E-state index contributed by atoms with van der Waals surface area (Å²) in [5.74, 6) is 4.20. The van der Waals surface area contributed by atoms with Crippen LogP contribution < -0.4 is 0 Å². The van der Waals surface area contributed by atoms with Crippen LogP contribution in [-0.2, 0) is 11.8 Å². The number of nitrogens with zero attached hydrogens (tertiary/aromatic N) is 2. The topological polar surface area (TPSA) is 55.1 Å². The van der Waals surface area contributed by atoms with E-state index in [1.165, 1.54) is 0 Å². The highest BCUT2D eigenvalue weighted by Gasteiger charge is 1.91.